The van der Waals surface area contributed by atoms with Crippen LogP contribution in [-0.4, -0.2) is 34.8 Å². The molecule has 2 atom stereocenters. The highest BCUT2D eigenvalue weighted by atomic mass is 32.3. The Morgan fingerprint density at radius 3 is 1.44 bits per heavy atom. The Hall–Kier alpha value is -0.720. The molecule has 0 amide bonds. The number of nitrogens with zero attached hydrogens (tertiary/aromatic N) is 1. The van der Waals surface area contributed by atoms with Gasteiger partial charge in [0.15, 0.2) is 0 Å². The molecule has 0 heterocycles. The zero-order valence-electron chi connectivity index (χ0n) is 20.2. The molecule has 8 aliphatic rings. The second-order valence-corrected chi connectivity index (χ2v) is 16.8. The minimum atomic E-state index is -1.21. The van der Waals surface area contributed by atoms with Gasteiger partial charge in [-0.3, -0.25) is 0 Å². The number of benzene rings is 1. The van der Waals surface area contributed by atoms with Gasteiger partial charge in [-0.1, -0.05) is 18.2 Å². The van der Waals surface area contributed by atoms with Crippen LogP contribution in [-0.2, 0) is 22.0 Å². The van der Waals surface area contributed by atoms with Crippen LogP contribution in [0.3, 0.4) is 0 Å². The van der Waals surface area contributed by atoms with Crippen molar-refractivity contribution in [2.24, 2.45) is 35.5 Å². The molecule has 0 spiro atoms. The molecule has 0 N–H and O–H groups in total. The van der Waals surface area contributed by atoms with Gasteiger partial charge in [0.1, 0.15) is 34.3 Å². The Labute approximate surface area is 209 Å². The quantitative estimate of drug-likeness (QED) is 0.464. The molecule has 0 unspecified atom stereocenters. The standard InChI is InChI=1S/C28H39NO3S2/c30-33(27-14-20-8-21(15-27)10-22(9-20)16-27)29(6-7-32-26-4-2-1-3-5-26)34(31)28-17-23-11-24(18-28)13-25(12-23)19-28/h1-5,20-25H,6-19H2/t20?,21?,22?,23?,24?,25?,27?,28?,33-,34-/m0/s1. The number of ether oxygens (including phenoxy) is 1. The maximum atomic E-state index is 14.6. The van der Waals surface area contributed by atoms with Gasteiger partial charge >= 0.3 is 0 Å². The molecule has 0 radical (unpaired) electrons. The highest BCUT2D eigenvalue weighted by Gasteiger charge is 2.59. The largest absolute Gasteiger partial charge is 0.492 e. The van der Waals surface area contributed by atoms with Crippen molar-refractivity contribution in [2.75, 3.05) is 13.2 Å². The van der Waals surface area contributed by atoms with Gasteiger partial charge < -0.3 is 4.74 Å². The van der Waals surface area contributed by atoms with Crippen molar-refractivity contribution in [3.63, 3.8) is 0 Å². The molecule has 8 aliphatic carbocycles. The summed E-state index contributed by atoms with van der Waals surface area (Å²) in [5.41, 5.74) is 0. The van der Waals surface area contributed by atoms with Crippen LogP contribution in [0.1, 0.15) is 77.0 Å². The van der Waals surface area contributed by atoms with E-state index in [4.69, 9.17) is 4.74 Å². The third kappa shape index (κ3) is 3.76. The van der Waals surface area contributed by atoms with E-state index in [-0.39, 0.29) is 9.49 Å². The van der Waals surface area contributed by atoms with Crippen molar-refractivity contribution in [1.29, 1.82) is 0 Å². The second-order valence-electron chi connectivity index (χ2n) is 12.9. The maximum absolute atomic E-state index is 14.6. The molecule has 0 saturated heterocycles. The van der Waals surface area contributed by atoms with Gasteiger partial charge in [0.25, 0.3) is 0 Å². The highest BCUT2D eigenvalue weighted by Crippen LogP contribution is 2.61. The van der Waals surface area contributed by atoms with E-state index in [9.17, 15) is 8.42 Å². The Morgan fingerprint density at radius 2 is 1.06 bits per heavy atom. The number of rotatable bonds is 8. The van der Waals surface area contributed by atoms with Crippen molar-refractivity contribution < 1.29 is 13.2 Å². The second kappa shape index (κ2) is 8.41. The zero-order chi connectivity index (χ0) is 22.9. The molecule has 8 saturated carbocycles. The van der Waals surface area contributed by atoms with Crippen LogP contribution < -0.4 is 4.74 Å². The summed E-state index contributed by atoms with van der Waals surface area (Å²) in [4.78, 5) is 0. The summed E-state index contributed by atoms with van der Waals surface area (Å²) >= 11 is 0. The monoisotopic (exact) mass is 501 g/mol. The first-order valence-electron chi connectivity index (χ1n) is 13.8. The highest BCUT2D eigenvalue weighted by molar-refractivity contribution is 7.99. The van der Waals surface area contributed by atoms with Gasteiger partial charge in [0.05, 0.1) is 16.0 Å². The molecule has 8 bridgehead atoms. The summed E-state index contributed by atoms with van der Waals surface area (Å²) in [6.07, 6.45) is 14.5. The molecule has 9 rings (SSSR count). The molecular formula is C28H39NO3S2. The third-order valence-electron chi connectivity index (χ3n) is 10.4. The van der Waals surface area contributed by atoms with Crippen LogP contribution in [0.5, 0.6) is 5.75 Å². The van der Waals surface area contributed by atoms with Gasteiger partial charge in [0.2, 0.25) is 0 Å². The van der Waals surface area contributed by atoms with Crippen LogP contribution in [0, 0.1) is 35.5 Å². The van der Waals surface area contributed by atoms with E-state index in [0.29, 0.717) is 13.2 Å². The molecule has 0 aromatic heterocycles. The van der Waals surface area contributed by atoms with E-state index in [1.807, 2.05) is 34.0 Å². The maximum Gasteiger partial charge on any atom is 0.119 e. The van der Waals surface area contributed by atoms with E-state index >= 15 is 0 Å². The van der Waals surface area contributed by atoms with Crippen molar-refractivity contribution >= 4 is 22.0 Å². The summed E-state index contributed by atoms with van der Waals surface area (Å²) in [5, 5.41) is 0. The summed E-state index contributed by atoms with van der Waals surface area (Å²) < 4.78 is 36.9. The fourth-order valence-electron chi connectivity index (χ4n) is 9.90. The number of hydrogen-bond donors (Lipinski definition) is 0. The summed E-state index contributed by atoms with van der Waals surface area (Å²) in [7, 11) is -2.42. The average Bonchev–Trinajstić information content (AvgIpc) is 2.80. The average molecular weight is 502 g/mol. The van der Waals surface area contributed by atoms with Crippen molar-refractivity contribution in [3.05, 3.63) is 30.3 Å². The lowest BCUT2D eigenvalue weighted by atomic mass is 9.56. The molecule has 186 valence electrons. The fourth-order valence-corrected chi connectivity index (χ4v) is 15.0. The topological polar surface area (TPSA) is 46.6 Å². The van der Waals surface area contributed by atoms with E-state index < -0.39 is 22.0 Å². The van der Waals surface area contributed by atoms with E-state index in [0.717, 1.165) is 79.8 Å². The predicted molar refractivity (Wildman–Crippen MR) is 137 cm³/mol. The lowest BCUT2D eigenvalue weighted by Crippen LogP contribution is -2.60. The van der Waals surface area contributed by atoms with E-state index in [2.05, 4.69) is 0 Å². The minimum Gasteiger partial charge on any atom is -0.492 e. The summed E-state index contributed by atoms with van der Waals surface area (Å²) in [6, 6.07) is 9.89. The van der Waals surface area contributed by atoms with Gasteiger partial charge in [-0.15, -0.1) is 3.71 Å². The van der Waals surface area contributed by atoms with Crippen LogP contribution in [0.4, 0.5) is 0 Å². The first kappa shape index (κ1) is 22.5. The molecule has 1 aromatic carbocycles. The molecule has 8 fully saturated rings. The predicted octanol–water partition coefficient (Wildman–Crippen LogP) is 5.63. The van der Waals surface area contributed by atoms with Crippen molar-refractivity contribution in [1.82, 2.24) is 3.71 Å². The van der Waals surface area contributed by atoms with Crippen LogP contribution >= 0.6 is 0 Å². The SMILES string of the molecule is O=[S@](N(CCOc1ccccc1)[S@@](=O)C12CC3CC(CC(C3)C1)C2)C12CC3CC(CC(C3)C1)C2. The Balaban J connectivity index is 1.16. The molecule has 6 heteroatoms. The van der Waals surface area contributed by atoms with Gasteiger partial charge in [-0.25, -0.2) is 8.42 Å². The lowest BCUT2D eigenvalue weighted by molar-refractivity contribution is 0.0324. The third-order valence-corrected chi connectivity index (χ3v) is 14.8. The molecule has 0 aliphatic heterocycles. The van der Waals surface area contributed by atoms with Crippen LogP contribution in [0.15, 0.2) is 30.3 Å². The van der Waals surface area contributed by atoms with Crippen molar-refractivity contribution in [3.8, 4) is 5.75 Å². The fraction of sp³-hybridized carbons (Fsp3) is 0.786. The molecule has 1 aromatic rings. The normalized spacial score (nSPS) is 45.6. The molecule has 34 heavy (non-hydrogen) atoms. The Morgan fingerprint density at radius 1 is 0.676 bits per heavy atom. The molecular weight excluding hydrogens is 462 g/mol. The smallest absolute Gasteiger partial charge is 0.119 e. The first-order valence-corrected chi connectivity index (χ1v) is 16.0. The van der Waals surface area contributed by atoms with Gasteiger partial charge in [0, 0.05) is 0 Å². The Bertz CT molecular complexity index is 853. The van der Waals surface area contributed by atoms with Gasteiger partial charge in [-0.05, 0) is 125 Å². The van der Waals surface area contributed by atoms with Crippen molar-refractivity contribution in [2.45, 2.75) is 86.5 Å². The van der Waals surface area contributed by atoms with E-state index in [1.54, 1.807) is 0 Å². The summed E-state index contributed by atoms with van der Waals surface area (Å²) in [5.74, 6) is 5.28. The summed E-state index contributed by atoms with van der Waals surface area (Å²) in [6.45, 7) is 0.942. The van der Waals surface area contributed by atoms with Crippen LogP contribution in [0.25, 0.3) is 0 Å². The Kier molecular flexibility index (Phi) is 5.56. The lowest BCUT2D eigenvalue weighted by Gasteiger charge is -2.58. The number of para-hydroxylation sites is 1. The van der Waals surface area contributed by atoms with E-state index in [1.165, 1.54) is 38.5 Å². The number of hydrogen-bond acceptors (Lipinski definition) is 3. The first-order chi connectivity index (χ1) is 16.5. The minimum absolute atomic E-state index is 0.139. The zero-order valence-corrected chi connectivity index (χ0v) is 21.9. The van der Waals surface area contributed by atoms with Gasteiger partial charge in [-0.2, -0.15) is 0 Å². The molecule has 4 nitrogen and oxygen atoms in total. The van der Waals surface area contributed by atoms with Crippen LogP contribution in [0.2, 0.25) is 0 Å².